The van der Waals surface area contributed by atoms with Crippen molar-refractivity contribution in [3.63, 3.8) is 0 Å². The van der Waals surface area contributed by atoms with Gasteiger partial charge in [0, 0.05) is 17.3 Å². The van der Waals surface area contributed by atoms with E-state index < -0.39 is 0 Å². The van der Waals surface area contributed by atoms with Gasteiger partial charge in [-0.2, -0.15) is 10.2 Å². The van der Waals surface area contributed by atoms with Crippen molar-refractivity contribution in [2.75, 3.05) is 13.2 Å². The smallest absolute Gasteiger partial charge is 0.274 e. The minimum absolute atomic E-state index is 0.336. The summed E-state index contributed by atoms with van der Waals surface area (Å²) in [4.78, 5) is 12.5. The molecule has 0 spiro atoms. The van der Waals surface area contributed by atoms with Crippen LogP contribution < -0.4 is 14.9 Å². The lowest BCUT2D eigenvalue weighted by molar-refractivity contribution is 0.0953. The zero-order chi connectivity index (χ0) is 22.8. The van der Waals surface area contributed by atoms with Crippen LogP contribution in [0.25, 0.3) is 16.9 Å². The summed E-state index contributed by atoms with van der Waals surface area (Å²) in [6.45, 7) is 4.57. The summed E-state index contributed by atoms with van der Waals surface area (Å²) in [5.41, 5.74) is 6.21. The molecule has 1 aliphatic heterocycles. The largest absolute Gasteiger partial charge is 0.486 e. The second-order valence-corrected chi connectivity index (χ2v) is 7.60. The molecule has 0 bridgehead atoms. The molecule has 0 radical (unpaired) electrons. The molecule has 5 rings (SSSR count). The van der Waals surface area contributed by atoms with E-state index in [4.69, 9.17) is 19.0 Å². The lowest BCUT2D eigenvalue weighted by Gasteiger charge is -2.18. The van der Waals surface area contributed by atoms with Gasteiger partial charge in [-0.1, -0.05) is 18.2 Å². The molecule has 0 atom stereocenters. The van der Waals surface area contributed by atoms with Crippen molar-refractivity contribution in [2.24, 2.45) is 5.10 Å². The fourth-order valence-electron chi connectivity index (χ4n) is 3.69. The standard InChI is InChI=1S/C25H22N4O4/c1-16-12-21(17(2)33-16)25(30)27-26-14-19-15-29(20-6-4-3-5-7-20)28-24(19)18-8-9-22-23(13-18)32-11-10-31-22/h3-9,12-15H,10-11H2,1-2H3,(H,27,30)/b26-14+. The lowest BCUT2D eigenvalue weighted by atomic mass is 10.1. The van der Waals surface area contributed by atoms with Gasteiger partial charge in [0.25, 0.3) is 5.91 Å². The summed E-state index contributed by atoms with van der Waals surface area (Å²) >= 11 is 0. The number of hydrazone groups is 1. The van der Waals surface area contributed by atoms with Crippen LogP contribution in [0.15, 0.2) is 70.3 Å². The zero-order valence-electron chi connectivity index (χ0n) is 18.2. The number of nitrogens with one attached hydrogen (secondary N) is 1. The van der Waals surface area contributed by atoms with E-state index >= 15 is 0 Å². The molecule has 4 aromatic rings. The van der Waals surface area contributed by atoms with Gasteiger partial charge in [-0.3, -0.25) is 4.79 Å². The summed E-state index contributed by atoms with van der Waals surface area (Å²) in [5, 5.41) is 8.95. The van der Waals surface area contributed by atoms with E-state index in [1.807, 2.05) is 54.7 Å². The number of para-hydroxylation sites is 1. The number of nitrogens with zero attached hydrogens (tertiary/aromatic N) is 3. The third kappa shape index (κ3) is 4.23. The fourth-order valence-corrected chi connectivity index (χ4v) is 3.69. The Kier molecular flexibility index (Phi) is 5.40. The minimum atomic E-state index is -0.336. The third-order valence-electron chi connectivity index (χ3n) is 5.23. The van der Waals surface area contributed by atoms with Gasteiger partial charge in [0.1, 0.15) is 30.4 Å². The first-order chi connectivity index (χ1) is 16.1. The highest BCUT2D eigenvalue weighted by Crippen LogP contribution is 2.35. The SMILES string of the molecule is Cc1cc(C(=O)N/N=C/c2cn(-c3ccccc3)nc2-c2ccc3c(c2)OCCO3)c(C)o1. The van der Waals surface area contributed by atoms with Crippen LogP contribution in [0.5, 0.6) is 11.5 Å². The first-order valence-electron chi connectivity index (χ1n) is 10.5. The number of furan rings is 1. The van der Waals surface area contributed by atoms with Crippen LogP contribution in [-0.2, 0) is 0 Å². The Morgan fingerprint density at radius 3 is 2.61 bits per heavy atom. The molecule has 2 aromatic carbocycles. The number of ether oxygens (including phenoxy) is 2. The highest BCUT2D eigenvalue weighted by molar-refractivity contribution is 5.96. The van der Waals surface area contributed by atoms with Crippen molar-refractivity contribution in [1.82, 2.24) is 15.2 Å². The molecular formula is C25H22N4O4. The van der Waals surface area contributed by atoms with Gasteiger partial charge in [0.15, 0.2) is 11.5 Å². The average molecular weight is 442 g/mol. The molecule has 3 heterocycles. The molecule has 1 aliphatic rings. The Morgan fingerprint density at radius 1 is 1.06 bits per heavy atom. The zero-order valence-corrected chi connectivity index (χ0v) is 18.2. The Bertz CT molecular complexity index is 1340. The number of aryl methyl sites for hydroxylation is 2. The quantitative estimate of drug-likeness (QED) is 0.368. The van der Waals surface area contributed by atoms with Crippen molar-refractivity contribution in [3.8, 4) is 28.4 Å². The number of carbonyl (C=O) groups is 1. The van der Waals surface area contributed by atoms with E-state index in [2.05, 4.69) is 10.5 Å². The van der Waals surface area contributed by atoms with Crippen molar-refractivity contribution in [1.29, 1.82) is 0 Å². The number of benzene rings is 2. The maximum Gasteiger partial charge on any atom is 0.274 e. The number of hydrogen-bond donors (Lipinski definition) is 1. The fraction of sp³-hybridized carbons (Fsp3) is 0.160. The van der Waals surface area contributed by atoms with E-state index in [1.54, 1.807) is 30.8 Å². The molecule has 1 amide bonds. The summed E-state index contributed by atoms with van der Waals surface area (Å²) in [6.07, 6.45) is 3.45. The topological polar surface area (TPSA) is 90.9 Å². The number of hydrogen-bond acceptors (Lipinski definition) is 6. The molecule has 0 saturated carbocycles. The maximum absolute atomic E-state index is 12.5. The van der Waals surface area contributed by atoms with E-state index in [0.717, 1.165) is 16.8 Å². The monoisotopic (exact) mass is 442 g/mol. The number of aromatic nitrogens is 2. The molecular weight excluding hydrogens is 420 g/mol. The van der Waals surface area contributed by atoms with E-state index in [1.165, 1.54) is 0 Å². The van der Waals surface area contributed by atoms with Gasteiger partial charge < -0.3 is 13.9 Å². The van der Waals surface area contributed by atoms with Crippen LogP contribution in [-0.4, -0.2) is 35.1 Å². The molecule has 8 heteroatoms. The Morgan fingerprint density at radius 2 is 1.85 bits per heavy atom. The van der Waals surface area contributed by atoms with E-state index in [9.17, 15) is 4.79 Å². The molecule has 2 aromatic heterocycles. The number of carbonyl (C=O) groups excluding carboxylic acids is 1. The van der Waals surface area contributed by atoms with Crippen molar-refractivity contribution in [3.05, 3.63) is 83.4 Å². The molecule has 0 aliphatic carbocycles. The molecule has 33 heavy (non-hydrogen) atoms. The summed E-state index contributed by atoms with van der Waals surface area (Å²) in [7, 11) is 0. The summed E-state index contributed by atoms with van der Waals surface area (Å²) in [5.74, 6) is 2.27. The first-order valence-corrected chi connectivity index (χ1v) is 10.5. The molecule has 8 nitrogen and oxygen atoms in total. The van der Waals surface area contributed by atoms with Crippen molar-refractivity contribution in [2.45, 2.75) is 13.8 Å². The van der Waals surface area contributed by atoms with Gasteiger partial charge in [-0.25, -0.2) is 10.1 Å². The molecule has 0 saturated heterocycles. The lowest BCUT2D eigenvalue weighted by Crippen LogP contribution is -2.17. The normalized spacial score (nSPS) is 12.8. The first kappa shape index (κ1) is 20.6. The van der Waals surface area contributed by atoms with Gasteiger partial charge >= 0.3 is 0 Å². The minimum Gasteiger partial charge on any atom is -0.486 e. The highest BCUT2D eigenvalue weighted by Gasteiger charge is 2.17. The second-order valence-electron chi connectivity index (χ2n) is 7.60. The van der Waals surface area contributed by atoms with Crippen LogP contribution in [0.4, 0.5) is 0 Å². The average Bonchev–Trinajstić information content (AvgIpc) is 3.42. The number of fused-ring (bicyclic) bond motifs is 1. The molecule has 0 fully saturated rings. The van der Waals surface area contributed by atoms with Crippen molar-refractivity contribution < 1.29 is 18.7 Å². The van der Waals surface area contributed by atoms with Crippen LogP contribution in [0.2, 0.25) is 0 Å². The predicted molar refractivity (Wildman–Crippen MR) is 123 cm³/mol. The van der Waals surface area contributed by atoms with Crippen LogP contribution >= 0.6 is 0 Å². The van der Waals surface area contributed by atoms with E-state index in [0.29, 0.717) is 47.5 Å². The van der Waals surface area contributed by atoms with Gasteiger partial charge in [-0.15, -0.1) is 0 Å². The third-order valence-corrected chi connectivity index (χ3v) is 5.23. The number of rotatable bonds is 5. The molecule has 0 unspecified atom stereocenters. The highest BCUT2D eigenvalue weighted by atomic mass is 16.6. The van der Waals surface area contributed by atoms with Gasteiger partial charge in [-0.05, 0) is 50.2 Å². The Labute approximate surface area is 190 Å². The van der Waals surface area contributed by atoms with Crippen LogP contribution in [0.1, 0.15) is 27.4 Å². The molecule has 1 N–H and O–H groups in total. The van der Waals surface area contributed by atoms with Crippen LogP contribution in [0.3, 0.4) is 0 Å². The Hall–Kier alpha value is -4.33. The van der Waals surface area contributed by atoms with Gasteiger partial charge in [0.2, 0.25) is 0 Å². The number of amides is 1. The van der Waals surface area contributed by atoms with E-state index in [-0.39, 0.29) is 5.91 Å². The summed E-state index contributed by atoms with van der Waals surface area (Å²) in [6, 6.07) is 17.2. The molecule has 166 valence electrons. The predicted octanol–water partition coefficient (Wildman–Crippen LogP) is 4.28. The summed E-state index contributed by atoms with van der Waals surface area (Å²) < 4.78 is 18.6. The maximum atomic E-state index is 12.5. The second kappa shape index (κ2) is 8.66. The van der Waals surface area contributed by atoms with Crippen molar-refractivity contribution >= 4 is 12.1 Å². The van der Waals surface area contributed by atoms with Gasteiger partial charge in [0.05, 0.1) is 17.5 Å². The van der Waals surface area contributed by atoms with Crippen LogP contribution in [0, 0.1) is 13.8 Å². The Balaban J connectivity index is 1.48.